The Kier molecular flexibility index (Phi) is 16.2. The number of carbonyl (C=O) groups is 1. The van der Waals surface area contributed by atoms with E-state index in [1.54, 1.807) is 0 Å². The van der Waals surface area contributed by atoms with Crippen molar-refractivity contribution in [3.63, 3.8) is 0 Å². The van der Waals surface area contributed by atoms with Crippen LogP contribution in [0.1, 0.15) is 69.9 Å². The van der Waals surface area contributed by atoms with E-state index in [2.05, 4.69) is 51.1 Å². The fraction of sp³-hybridized carbons (Fsp3) is 0.423. The van der Waals surface area contributed by atoms with Crippen LogP contribution in [0.2, 0.25) is 0 Å². The zero-order valence-corrected chi connectivity index (χ0v) is 17.9. The molecule has 0 aromatic heterocycles. The van der Waals surface area contributed by atoms with Gasteiger partial charge >= 0.3 is 0 Å². The van der Waals surface area contributed by atoms with Crippen molar-refractivity contribution in [3.8, 4) is 12.8 Å². The normalized spacial score (nSPS) is 13.2. The molecule has 2 aromatic rings. The number of rotatable bonds is 5. The number of terminal acetylenes is 1. The van der Waals surface area contributed by atoms with E-state index in [1.807, 2.05) is 48.5 Å². The molecule has 1 aliphatic rings. The standard InChI is InChI=1S/C13H17NO.C6H6.C5H12.C2H2/c1-2-9-14-13(15)12-8-7-10-5-3-4-6-11(10)12;1-2-4-6-5-3-1;1-3-5-4-2;1-2/h3-6,12H,2,7-9H2,1H3,(H,14,15);1-6H;3-5H2,1-2H3;1-2H. The molecule has 1 amide bonds. The lowest BCUT2D eigenvalue weighted by molar-refractivity contribution is -0.122. The molecule has 0 radical (unpaired) electrons. The largest absolute Gasteiger partial charge is 0.356 e. The number of hydrogen-bond acceptors (Lipinski definition) is 1. The Labute approximate surface area is 172 Å². The molecule has 2 heteroatoms. The highest BCUT2D eigenvalue weighted by atomic mass is 16.1. The van der Waals surface area contributed by atoms with E-state index in [9.17, 15) is 4.79 Å². The molecule has 0 saturated heterocycles. The van der Waals surface area contributed by atoms with Gasteiger partial charge < -0.3 is 5.32 Å². The summed E-state index contributed by atoms with van der Waals surface area (Å²) in [5.41, 5.74) is 2.57. The van der Waals surface area contributed by atoms with Gasteiger partial charge in [0.15, 0.2) is 0 Å². The highest BCUT2D eigenvalue weighted by molar-refractivity contribution is 5.84. The van der Waals surface area contributed by atoms with E-state index in [1.165, 1.54) is 30.4 Å². The summed E-state index contributed by atoms with van der Waals surface area (Å²) in [5.74, 6) is 0.287. The second-order valence-corrected chi connectivity index (χ2v) is 6.59. The first-order valence-electron chi connectivity index (χ1n) is 10.4. The molecule has 0 aliphatic heterocycles. The van der Waals surface area contributed by atoms with Gasteiger partial charge in [-0.2, -0.15) is 0 Å². The van der Waals surface area contributed by atoms with E-state index in [0.29, 0.717) is 0 Å². The average molecular weight is 380 g/mol. The molecule has 0 heterocycles. The van der Waals surface area contributed by atoms with E-state index in [-0.39, 0.29) is 11.8 Å². The lowest BCUT2D eigenvalue weighted by Gasteiger charge is -2.11. The topological polar surface area (TPSA) is 29.1 Å². The van der Waals surface area contributed by atoms with Crippen molar-refractivity contribution in [3.05, 3.63) is 71.8 Å². The van der Waals surface area contributed by atoms with Gasteiger partial charge in [0, 0.05) is 6.54 Å². The number of hydrogen-bond donors (Lipinski definition) is 1. The van der Waals surface area contributed by atoms with E-state index in [0.717, 1.165) is 25.8 Å². The van der Waals surface area contributed by atoms with Crippen LogP contribution in [0.4, 0.5) is 0 Å². The molecule has 1 aliphatic carbocycles. The first kappa shape index (κ1) is 25.5. The van der Waals surface area contributed by atoms with Crippen molar-refractivity contribution in [2.45, 2.75) is 65.2 Å². The average Bonchev–Trinajstić information content (AvgIpc) is 3.20. The van der Waals surface area contributed by atoms with E-state index < -0.39 is 0 Å². The lowest BCUT2D eigenvalue weighted by Crippen LogP contribution is -2.28. The van der Waals surface area contributed by atoms with Crippen LogP contribution in [0.3, 0.4) is 0 Å². The number of fused-ring (bicyclic) bond motifs is 1. The fourth-order valence-corrected chi connectivity index (χ4v) is 2.94. The molecule has 152 valence electrons. The number of nitrogens with one attached hydrogen (secondary N) is 1. The number of unbranched alkanes of at least 4 members (excludes halogenated alkanes) is 2. The Bertz CT molecular complexity index is 604. The van der Waals surface area contributed by atoms with Crippen molar-refractivity contribution in [1.29, 1.82) is 0 Å². The third-order valence-electron chi connectivity index (χ3n) is 4.37. The molecule has 2 nitrogen and oxygen atoms in total. The van der Waals surface area contributed by atoms with Crippen molar-refractivity contribution < 1.29 is 4.79 Å². The first-order valence-corrected chi connectivity index (χ1v) is 10.4. The summed E-state index contributed by atoms with van der Waals surface area (Å²) in [6.45, 7) is 7.29. The Balaban J connectivity index is 0.000000463. The van der Waals surface area contributed by atoms with Crippen LogP contribution in [-0.4, -0.2) is 12.5 Å². The van der Waals surface area contributed by atoms with Crippen LogP contribution in [0.5, 0.6) is 0 Å². The summed E-state index contributed by atoms with van der Waals surface area (Å²) >= 11 is 0. The maximum absolute atomic E-state index is 11.9. The van der Waals surface area contributed by atoms with Crippen molar-refractivity contribution in [1.82, 2.24) is 5.32 Å². The molecule has 28 heavy (non-hydrogen) atoms. The Morgan fingerprint density at radius 1 is 0.893 bits per heavy atom. The maximum Gasteiger partial charge on any atom is 0.227 e. The number of benzene rings is 2. The molecule has 0 spiro atoms. The first-order chi connectivity index (χ1) is 13.7. The van der Waals surface area contributed by atoms with Gasteiger partial charge in [-0.3, -0.25) is 4.79 Å². The Morgan fingerprint density at radius 3 is 1.89 bits per heavy atom. The predicted molar refractivity (Wildman–Crippen MR) is 122 cm³/mol. The molecular formula is C26H37NO. The van der Waals surface area contributed by atoms with Gasteiger partial charge in [-0.15, -0.1) is 12.8 Å². The number of amides is 1. The summed E-state index contributed by atoms with van der Waals surface area (Å²) in [6.07, 6.45) is 15.1. The van der Waals surface area contributed by atoms with Crippen molar-refractivity contribution >= 4 is 5.91 Å². The Morgan fingerprint density at radius 2 is 1.43 bits per heavy atom. The third kappa shape index (κ3) is 10.6. The van der Waals surface area contributed by atoms with Gasteiger partial charge in [0.2, 0.25) is 5.91 Å². The highest BCUT2D eigenvalue weighted by Gasteiger charge is 2.27. The summed E-state index contributed by atoms with van der Waals surface area (Å²) in [5, 5.41) is 2.98. The summed E-state index contributed by atoms with van der Waals surface area (Å²) in [7, 11) is 0. The third-order valence-corrected chi connectivity index (χ3v) is 4.37. The van der Waals surface area contributed by atoms with Crippen molar-refractivity contribution in [2.24, 2.45) is 0 Å². The van der Waals surface area contributed by atoms with Gasteiger partial charge in [0.05, 0.1) is 5.92 Å². The predicted octanol–water partition coefficient (Wildman–Crippen LogP) is 6.38. The lowest BCUT2D eigenvalue weighted by atomic mass is 10.0. The minimum absolute atomic E-state index is 0.0905. The van der Waals surface area contributed by atoms with Gasteiger partial charge in [0.1, 0.15) is 0 Å². The zero-order chi connectivity index (χ0) is 21.0. The maximum atomic E-state index is 11.9. The SMILES string of the molecule is C#C.CCCCC.CCCNC(=O)C1CCc2ccccc21.c1ccccc1. The molecule has 1 N–H and O–H groups in total. The van der Waals surface area contributed by atoms with Crippen LogP contribution >= 0.6 is 0 Å². The smallest absolute Gasteiger partial charge is 0.227 e. The molecule has 0 fully saturated rings. The fourth-order valence-electron chi connectivity index (χ4n) is 2.94. The summed E-state index contributed by atoms with van der Waals surface area (Å²) < 4.78 is 0. The molecule has 1 unspecified atom stereocenters. The molecule has 3 rings (SSSR count). The molecule has 0 saturated carbocycles. The quantitative estimate of drug-likeness (QED) is 0.600. The molecule has 0 bridgehead atoms. The van der Waals surface area contributed by atoms with Gasteiger partial charge in [-0.1, -0.05) is 101 Å². The highest BCUT2D eigenvalue weighted by Crippen LogP contribution is 2.32. The summed E-state index contributed by atoms with van der Waals surface area (Å²) in [4.78, 5) is 11.9. The summed E-state index contributed by atoms with van der Waals surface area (Å²) in [6, 6.07) is 20.3. The molecule has 1 atom stereocenters. The zero-order valence-electron chi connectivity index (χ0n) is 17.9. The van der Waals surface area contributed by atoms with Gasteiger partial charge in [-0.25, -0.2) is 0 Å². The molecule has 2 aromatic carbocycles. The minimum atomic E-state index is 0.0905. The minimum Gasteiger partial charge on any atom is -0.356 e. The second-order valence-electron chi connectivity index (χ2n) is 6.59. The monoisotopic (exact) mass is 379 g/mol. The van der Waals surface area contributed by atoms with Crippen LogP contribution in [-0.2, 0) is 11.2 Å². The van der Waals surface area contributed by atoms with Crippen molar-refractivity contribution in [2.75, 3.05) is 6.54 Å². The second kappa shape index (κ2) is 17.9. The van der Waals surface area contributed by atoms with Crippen LogP contribution in [0.15, 0.2) is 60.7 Å². The van der Waals surface area contributed by atoms with Crippen LogP contribution in [0.25, 0.3) is 0 Å². The Hall–Kier alpha value is -2.53. The van der Waals surface area contributed by atoms with Gasteiger partial charge in [0.25, 0.3) is 0 Å². The number of carbonyl (C=O) groups excluding carboxylic acids is 1. The van der Waals surface area contributed by atoms with Crippen LogP contribution < -0.4 is 5.32 Å². The molecular weight excluding hydrogens is 342 g/mol. The van der Waals surface area contributed by atoms with Crippen LogP contribution in [0, 0.1) is 12.8 Å². The van der Waals surface area contributed by atoms with E-state index in [4.69, 9.17) is 0 Å². The van der Waals surface area contributed by atoms with E-state index >= 15 is 0 Å². The number of aryl methyl sites for hydroxylation is 1. The van der Waals surface area contributed by atoms with Gasteiger partial charge in [-0.05, 0) is 30.4 Å².